The number of nitrogens with one attached hydrogen (secondary N) is 1. The summed E-state index contributed by atoms with van der Waals surface area (Å²) in [5.41, 5.74) is 1.53. The second-order valence-corrected chi connectivity index (χ2v) is 7.84. The lowest BCUT2D eigenvalue weighted by Crippen LogP contribution is -2.14. The third-order valence-corrected chi connectivity index (χ3v) is 5.02. The second-order valence-electron chi connectivity index (χ2n) is 5.21. The Bertz CT molecular complexity index is 868. The van der Waals surface area contributed by atoms with E-state index in [0.717, 1.165) is 25.7 Å². The molecule has 1 aromatic heterocycles. The van der Waals surface area contributed by atoms with Gasteiger partial charge in [0.25, 0.3) is 0 Å². The zero-order valence-electron chi connectivity index (χ0n) is 13.0. The van der Waals surface area contributed by atoms with Crippen LogP contribution < -0.4 is 10.1 Å². The summed E-state index contributed by atoms with van der Waals surface area (Å²) in [5.74, 6) is 0.648. The second kappa shape index (κ2) is 8.64. The molecule has 0 aliphatic rings. The molecule has 25 heavy (non-hydrogen) atoms. The van der Waals surface area contributed by atoms with Crippen molar-refractivity contribution in [1.29, 1.82) is 0 Å². The summed E-state index contributed by atoms with van der Waals surface area (Å²) in [5, 5.41) is 6.26. The molecule has 3 aromatic rings. The molecule has 0 aliphatic heterocycles. The van der Waals surface area contributed by atoms with Gasteiger partial charge in [-0.25, -0.2) is 4.98 Å². The van der Waals surface area contributed by atoms with Crippen LogP contribution in [0.3, 0.4) is 0 Å². The predicted molar refractivity (Wildman–Crippen MR) is 109 cm³/mol. The molecule has 1 amide bonds. The van der Waals surface area contributed by atoms with Crippen LogP contribution in [-0.2, 0) is 17.8 Å². The molecular formula is C18H14ClIN2O2S. The summed E-state index contributed by atoms with van der Waals surface area (Å²) in [6.07, 6.45) is 0.239. The number of carbonyl (C=O) groups is 1. The Morgan fingerprint density at radius 1 is 1.24 bits per heavy atom. The van der Waals surface area contributed by atoms with Crippen LogP contribution in [0.2, 0.25) is 5.02 Å². The molecule has 1 heterocycles. The monoisotopic (exact) mass is 484 g/mol. The van der Waals surface area contributed by atoms with Crippen molar-refractivity contribution in [2.75, 3.05) is 5.32 Å². The van der Waals surface area contributed by atoms with Crippen LogP contribution in [0.25, 0.3) is 0 Å². The van der Waals surface area contributed by atoms with Gasteiger partial charge in [-0.3, -0.25) is 4.79 Å². The highest BCUT2D eigenvalue weighted by molar-refractivity contribution is 14.1. The first kappa shape index (κ1) is 18.2. The van der Waals surface area contributed by atoms with Crippen molar-refractivity contribution in [2.45, 2.75) is 13.0 Å². The van der Waals surface area contributed by atoms with E-state index in [1.807, 2.05) is 41.8 Å². The molecule has 0 aliphatic carbocycles. The molecule has 0 bridgehead atoms. The minimum atomic E-state index is -0.0857. The summed E-state index contributed by atoms with van der Waals surface area (Å²) in [6.45, 7) is 0.366. The molecule has 2 aromatic carbocycles. The van der Waals surface area contributed by atoms with Crippen LogP contribution in [0.1, 0.15) is 10.7 Å². The molecule has 0 unspecified atom stereocenters. The number of carbonyl (C=O) groups excluding carboxylic acids is 1. The highest BCUT2D eigenvalue weighted by Gasteiger charge is 2.09. The number of thiazole rings is 1. The topological polar surface area (TPSA) is 51.2 Å². The Labute approximate surface area is 168 Å². The number of rotatable bonds is 6. The van der Waals surface area contributed by atoms with E-state index in [-0.39, 0.29) is 12.3 Å². The van der Waals surface area contributed by atoms with Gasteiger partial charge in [-0.05, 0) is 65.1 Å². The number of hydrogen-bond donors (Lipinski definition) is 1. The molecule has 0 atom stereocenters. The van der Waals surface area contributed by atoms with E-state index < -0.39 is 0 Å². The number of halogens is 2. The average molecular weight is 485 g/mol. The van der Waals surface area contributed by atoms with Crippen LogP contribution >= 0.6 is 45.5 Å². The van der Waals surface area contributed by atoms with Gasteiger partial charge in [-0.2, -0.15) is 0 Å². The van der Waals surface area contributed by atoms with E-state index in [1.54, 1.807) is 12.1 Å². The minimum Gasteiger partial charge on any atom is -0.486 e. The van der Waals surface area contributed by atoms with Gasteiger partial charge < -0.3 is 10.1 Å². The average Bonchev–Trinajstić information content (AvgIpc) is 3.01. The largest absolute Gasteiger partial charge is 0.486 e. The molecular weight excluding hydrogens is 471 g/mol. The zero-order chi connectivity index (χ0) is 17.6. The predicted octanol–water partition coefficient (Wildman–Crippen LogP) is 5.16. The Morgan fingerprint density at radius 2 is 2.04 bits per heavy atom. The lowest BCUT2D eigenvalue weighted by atomic mass is 10.3. The van der Waals surface area contributed by atoms with Crippen molar-refractivity contribution < 1.29 is 9.53 Å². The number of amides is 1. The van der Waals surface area contributed by atoms with Crippen LogP contribution in [0.15, 0.2) is 53.9 Å². The van der Waals surface area contributed by atoms with Gasteiger partial charge in [0, 0.05) is 19.7 Å². The third kappa shape index (κ3) is 5.69. The summed E-state index contributed by atoms with van der Waals surface area (Å²) < 4.78 is 6.74. The fraction of sp³-hybridized carbons (Fsp3) is 0.111. The van der Waals surface area contributed by atoms with Gasteiger partial charge in [0.05, 0.1) is 12.1 Å². The summed E-state index contributed by atoms with van der Waals surface area (Å²) >= 11 is 9.53. The van der Waals surface area contributed by atoms with Crippen molar-refractivity contribution in [2.24, 2.45) is 0 Å². The Morgan fingerprint density at radius 3 is 2.80 bits per heavy atom. The molecule has 0 spiro atoms. The molecule has 0 saturated heterocycles. The smallest absolute Gasteiger partial charge is 0.230 e. The van der Waals surface area contributed by atoms with Crippen LogP contribution in [0, 0.1) is 3.57 Å². The van der Waals surface area contributed by atoms with E-state index in [0.29, 0.717) is 11.6 Å². The fourth-order valence-corrected chi connectivity index (χ4v) is 3.48. The molecule has 128 valence electrons. The standard InChI is InChI=1S/C18H14ClIN2O2S/c19-12-4-6-16(7-5-12)24-10-18-22-15(11-25-18)9-17(23)21-14-3-1-2-13(20)8-14/h1-8,11H,9-10H2,(H,21,23). The van der Waals surface area contributed by atoms with Crippen LogP contribution in [0.5, 0.6) is 5.75 Å². The molecule has 3 rings (SSSR count). The summed E-state index contributed by atoms with van der Waals surface area (Å²) in [7, 11) is 0. The summed E-state index contributed by atoms with van der Waals surface area (Å²) in [4.78, 5) is 16.6. The first-order valence-electron chi connectivity index (χ1n) is 7.45. The first-order chi connectivity index (χ1) is 12.1. The zero-order valence-corrected chi connectivity index (χ0v) is 16.8. The maximum atomic E-state index is 12.1. The molecule has 4 nitrogen and oxygen atoms in total. The van der Waals surface area contributed by atoms with Gasteiger partial charge in [-0.15, -0.1) is 11.3 Å². The number of nitrogens with zero attached hydrogens (tertiary/aromatic N) is 1. The van der Waals surface area contributed by atoms with Crippen molar-refractivity contribution >= 4 is 57.1 Å². The van der Waals surface area contributed by atoms with E-state index in [4.69, 9.17) is 16.3 Å². The Kier molecular flexibility index (Phi) is 6.28. The highest BCUT2D eigenvalue weighted by Crippen LogP contribution is 2.19. The van der Waals surface area contributed by atoms with Gasteiger partial charge in [0.15, 0.2) is 0 Å². The van der Waals surface area contributed by atoms with E-state index in [1.165, 1.54) is 11.3 Å². The van der Waals surface area contributed by atoms with Crippen molar-refractivity contribution in [1.82, 2.24) is 4.98 Å². The quantitative estimate of drug-likeness (QED) is 0.492. The Balaban J connectivity index is 1.52. The van der Waals surface area contributed by atoms with Crippen molar-refractivity contribution in [3.05, 3.63) is 73.2 Å². The van der Waals surface area contributed by atoms with Gasteiger partial charge in [0.2, 0.25) is 5.91 Å². The number of aromatic nitrogens is 1. The molecule has 0 saturated carbocycles. The highest BCUT2D eigenvalue weighted by atomic mass is 127. The number of ether oxygens (including phenoxy) is 1. The van der Waals surface area contributed by atoms with Crippen LogP contribution in [-0.4, -0.2) is 10.9 Å². The SMILES string of the molecule is O=C(Cc1csc(COc2ccc(Cl)cc2)n1)Nc1cccc(I)c1. The van der Waals surface area contributed by atoms with Crippen LogP contribution in [0.4, 0.5) is 5.69 Å². The maximum Gasteiger partial charge on any atom is 0.230 e. The molecule has 1 N–H and O–H groups in total. The van der Waals surface area contributed by atoms with Gasteiger partial charge in [0.1, 0.15) is 17.4 Å². The number of anilines is 1. The first-order valence-corrected chi connectivity index (χ1v) is 9.79. The lowest BCUT2D eigenvalue weighted by Gasteiger charge is -2.04. The molecule has 0 fully saturated rings. The normalized spacial score (nSPS) is 10.5. The fourth-order valence-electron chi connectivity index (χ4n) is 2.11. The third-order valence-electron chi connectivity index (χ3n) is 3.23. The number of hydrogen-bond acceptors (Lipinski definition) is 4. The van der Waals surface area contributed by atoms with Crippen molar-refractivity contribution in [3.8, 4) is 5.75 Å². The minimum absolute atomic E-state index is 0.0857. The summed E-state index contributed by atoms with van der Waals surface area (Å²) in [6, 6.07) is 14.9. The molecule has 7 heteroatoms. The molecule has 0 radical (unpaired) electrons. The van der Waals surface area contributed by atoms with Gasteiger partial charge in [-0.1, -0.05) is 17.7 Å². The van der Waals surface area contributed by atoms with E-state index in [9.17, 15) is 4.79 Å². The van der Waals surface area contributed by atoms with E-state index >= 15 is 0 Å². The number of benzene rings is 2. The van der Waals surface area contributed by atoms with E-state index in [2.05, 4.69) is 32.9 Å². The maximum absolute atomic E-state index is 12.1. The van der Waals surface area contributed by atoms with Gasteiger partial charge >= 0.3 is 0 Å². The lowest BCUT2D eigenvalue weighted by molar-refractivity contribution is -0.115. The van der Waals surface area contributed by atoms with Crippen molar-refractivity contribution in [3.63, 3.8) is 0 Å². The Hall–Kier alpha value is -1.64.